The van der Waals surface area contributed by atoms with Crippen molar-refractivity contribution in [3.8, 4) is 0 Å². The van der Waals surface area contributed by atoms with Crippen molar-refractivity contribution in [1.29, 1.82) is 0 Å². The van der Waals surface area contributed by atoms with E-state index >= 15 is 0 Å². The molecule has 1 fully saturated rings. The molecule has 0 spiro atoms. The van der Waals surface area contributed by atoms with Crippen LogP contribution in [0.25, 0.3) is 0 Å². The number of nitrogens with zero attached hydrogens (tertiary/aromatic N) is 1. The predicted molar refractivity (Wildman–Crippen MR) is 68.8 cm³/mol. The van der Waals surface area contributed by atoms with Crippen LogP contribution >= 0.6 is 15.9 Å². The molecule has 4 heteroatoms. The van der Waals surface area contributed by atoms with E-state index in [1.54, 1.807) is 0 Å². The Morgan fingerprint density at radius 3 is 2.62 bits per heavy atom. The highest BCUT2D eigenvalue weighted by molar-refractivity contribution is 9.09. The molecule has 0 N–H and O–H groups in total. The third-order valence-electron chi connectivity index (χ3n) is 2.78. The minimum absolute atomic E-state index is 0.112. The summed E-state index contributed by atoms with van der Waals surface area (Å²) < 4.78 is 5.50. The van der Waals surface area contributed by atoms with Crippen molar-refractivity contribution >= 4 is 21.8 Å². The van der Waals surface area contributed by atoms with Gasteiger partial charge in [0, 0.05) is 17.9 Å². The van der Waals surface area contributed by atoms with Crippen LogP contribution in [0.1, 0.15) is 34.1 Å². The zero-order valence-electron chi connectivity index (χ0n) is 10.6. The molecule has 94 valence electrons. The quantitative estimate of drug-likeness (QED) is 0.732. The molecule has 1 amide bonds. The Morgan fingerprint density at radius 1 is 1.50 bits per heavy atom. The van der Waals surface area contributed by atoms with E-state index in [2.05, 4.69) is 22.9 Å². The van der Waals surface area contributed by atoms with Gasteiger partial charge < -0.3 is 9.64 Å². The van der Waals surface area contributed by atoms with Gasteiger partial charge in [-0.3, -0.25) is 4.79 Å². The van der Waals surface area contributed by atoms with Crippen molar-refractivity contribution in [3.05, 3.63) is 0 Å². The van der Waals surface area contributed by atoms with Gasteiger partial charge in [-0.25, -0.2) is 0 Å². The van der Waals surface area contributed by atoms with Gasteiger partial charge in [-0.2, -0.15) is 0 Å². The Morgan fingerprint density at radius 2 is 2.12 bits per heavy atom. The SMILES string of the molecule is CC1CN(C(=O)COC(C)(C)C)CCC1Br. The van der Waals surface area contributed by atoms with Gasteiger partial charge in [0.25, 0.3) is 0 Å². The normalized spacial score (nSPS) is 26.9. The molecule has 0 saturated carbocycles. The number of rotatable bonds is 2. The first-order chi connectivity index (χ1) is 7.29. The lowest BCUT2D eigenvalue weighted by Gasteiger charge is -2.34. The van der Waals surface area contributed by atoms with Crippen molar-refractivity contribution in [1.82, 2.24) is 4.90 Å². The summed E-state index contributed by atoms with van der Waals surface area (Å²) in [7, 11) is 0. The molecule has 16 heavy (non-hydrogen) atoms. The summed E-state index contributed by atoms with van der Waals surface area (Å²) in [5.41, 5.74) is -0.241. The van der Waals surface area contributed by atoms with E-state index in [1.807, 2.05) is 25.7 Å². The van der Waals surface area contributed by atoms with Crippen LogP contribution in [0.4, 0.5) is 0 Å². The smallest absolute Gasteiger partial charge is 0.248 e. The summed E-state index contributed by atoms with van der Waals surface area (Å²) >= 11 is 3.63. The van der Waals surface area contributed by atoms with Crippen molar-refractivity contribution in [2.45, 2.75) is 44.5 Å². The van der Waals surface area contributed by atoms with Gasteiger partial charge in [0.2, 0.25) is 5.91 Å². The maximum absolute atomic E-state index is 11.9. The molecule has 0 aromatic rings. The molecule has 1 rings (SSSR count). The first-order valence-electron chi connectivity index (χ1n) is 5.85. The molecule has 0 aromatic carbocycles. The number of carbonyl (C=O) groups excluding carboxylic acids is 1. The molecule has 0 aromatic heterocycles. The summed E-state index contributed by atoms with van der Waals surface area (Å²) in [6, 6.07) is 0. The van der Waals surface area contributed by atoms with Crippen LogP contribution < -0.4 is 0 Å². The molecule has 0 bridgehead atoms. The summed E-state index contributed by atoms with van der Waals surface area (Å²) in [5, 5.41) is 0. The Hall–Kier alpha value is -0.0900. The number of likely N-dealkylation sites (tertiary alicyclic amines) is 1. The summed E-state index contributed by atoms with van der Waals surface area (Å²) in [4.78, 5) is 14.3. The van der Waals surface area contributed by atoms with Crippen LogP contribution in [0.2, 0.25) is 0 Å². The molecule has 1 saturated heterocycles. The molecular weight excluding hydrogens is 270 g/mol. The molecule has 1 aliphatic heterocycles. The van der Waals surface area contributed by atoms with E-state index in [0.29, 0.717) is 10.7 Å². The zero-order valence-corrected chi connectivity index (χ0v) is 12.2. The van der Waals surface area contributed by atoms with Crippen LogP contribution in [0.3, 0.4) is 0 Å². The van der Waals surface area contributed by atoms with Crippen molar-refractivity contribution in [3.63, 3.8) is 0 Å². The van der Waals surface area contributed by atoms with Gasteiger partial charge in [0.1, 0.15) is 6.61 Å². The highest BCUT2D eigenvalue weighted by atomic mass is 79.9. The monoisotopic (exact) mass is 291 g/mol. The van der Waals surface area contributed by atoms with E-state index < -0.39 is 0 Å². The zero-order chi connectivity index (χ0) is 12.3. The minimum Gasteiger partial charge on any atom is -0.366 e. The first-order valence-corrected chi connectivity index (χ1v) is 6.77. The number of hydrogen-bond donors (Lipinski definition) is 0. The molecule has 2 atom stereocenters. The van der Waals surface area contributed by atoms with Gasteiger partial charge in [0.05, 0.1) is 5.60 Å². The average molecular weight is 292 g/mol. The van der Waals surface area contributed by atoms with Gasteiger partial charge in [0.15, 0.2) is 0 Å². The largest absolute Gasteiger partial charge is 0.366 e. The summed E-state index contributed by atoms with van der Waals surface area (Å²) in [5.74, 6) is 0.633. The molecular formula is C12H22BrNO2. The molecule has 2 unspecified atom stereocenters. The maximum atomic E-state index is 11.9. The van der Waals surface area contributed by atoms with E-state index in [0.717, 1.165) is 19.5 Å². The summed E-state index contributed by atoms with van der Waals surface area (Å²) in [6.45, 7) is 9.94. The first kappa shape index (κ1) is 14.0. The minimum atomic E-state index is -0.241. The van der Waals surface area contributed by atoms with Gasteiger partial charge in [-0.15, -0.1) is 0 Å². The molecule has 0 aliphatic carbocycles. The molecule has 0 radical (unpaired) electrons. The van der Waals surface area contributed by atoms with Crippen LogP contribution in [-0.2, 0) is 9.53 Å². The molecule has 3 nitrogen and oxygen atoms in total. The lowest BCUT2D eigenvalue weighted by molar-refractivity contribution is -0.142. The predicted octanol–water partition coefficient (Wildman–Crippen LogP) is 2.43. The van der Waals surface area contributed by atoms with Crippen LogP contribution in [0, 0.1) is 5.92 Å². The number of hydrogen-bond acceptors (Lipinski definition) is 2. The lowest BCUT2D eigenvalue weighted by atomic mass is 10.0. The molecule has 1 aliphatic rings. The van der Waals surface area contributed by atoms with Crippen molar-refractivity contribution in [2.24, 2.45) is 5.92 Å². The second-order valence-corrected chi connectivity index (χ2v) is 6.70. The second-order valence-electron chi connectivity index (χ2n) is 5.52. The van der Waals surface area contributed by atoms with Crippen molar-refractivity contribution < 1.29 is 9.53 Å². The third kappa shape index (κ3) is 4.42. The number of piperidine rings is 1. The highest BCUT2D eigenvalue weighted by Gasteiger charge is 2.27. The van der Waals surface area contributed by atoms with E-state index in [9.17, 15) is 4.79 Å². The van der Waals surface area contributed by atoms with Crippen LogP contribution in [0.5, 0.6) is 0 Å². The Labute approximate surface area is 107 Å². The van der Waals surface area contributed by atoms with Gasteiger partial charge >= 0.3 is 0 Å². The van der Waals surface area contributed by atoms with E-state index in [4.69, 9.17) is 4.74 Å². The van der Waals surface area contributed by atoms with Gasteiger partial charge in [-0.1, -0.05) is 22.9 Å². The fraction of sp³-hybridized carbons (Fsp3) is 0.917. The number of amides is 1. The van der Waals surface area contributed by atoms with Crippen molar-refractivity contribution in [2.75, 3.05) is 19.7 Å². The topological polar surface area (TPSA) is 29.5 Å². The number of ether oxygens (including phenoxy) is 1. The number of carbonyl (C=O) groups is 1. The van der Waals surface area contributed by atoms with Gasteiger partial charge in [-0.05, 0) is 33.1 Å². The Bertz CT molecular complexity index is 250. The van der Waals surface area contributed by atoms with E-state index in [-0.39, 0.29) is 18.1 Å². The number of alkyl halides is 1. The van der Waals surface area contributed by atoms with E-state index in [1.165, 1.54) is 0 Å². The third-order valence-corrected chi connectivity index (χ3v) is 4.14. The fourth-order valence-corrected chi connectivity index (χ4v) is 2.08. The maximum Gasteiger partial charge on any atom is 0.248 e. The van der Waals surface area contributed by atoms with Crippen LogP contribution in [0.15, 0.2) is 0 Å². The Balaban J connectivity index is 2.38. The Kier molecular flexibility index (Phi) is 4.80. The van der Waals surface area contributed by atoms with Crippen LogP contribution in [-0.4, -0.2) is 40.9 Å². The summed E-state index contributed by atoms with van der Waals surface area (Å²) in [6.07, 6.45) is 1.03. The second kappa shape index (κ2) is 5.50. The standard InChI is InChI=1S/C12H22BrNO2/c1-9-7-14(6-5-10(9)13)11(15)8-16-12(2,3)4/h9-10H,5-8H2,1-4H3. The average Bonchev–Trinajstić information content (AvgIpc) is 2.17. The fourth-order valence-electron chi connectivity index (χ4n) is 1.71. The highest BCUT2D eigenvalue weighted by Crippen LogP contribution is 2.23. The molecule has 1 heterocycles. The number of halogens is 1. The lowest BCUT2D eigenvalue weighted by Crippen LogP contribution is -2.45.